The number of unbranched alkanes of at least 4 members (excludes halogenated alkanes) is 3. The minimum absolute atomic E-state index is 0.136. The lowest BCUT2D eigenvalue weighted by atomic mass is 9.92. The van der Waals surface area contributed by atoms with Gasteiger partial charge in [0, 0.05) is 0 Å². The lowest BCUT2D eigenvalue weighted by Gasteiger charge is -2.22. The zero-order chi connectivity index (χ0) is 24.7. The number of carbonyl (C=O) groups is 1. The minimum Gasteiger partial charge on any atom is -0.494 e. The van der Waals surface area contributed by atoms with Crippen LogP contribution in [0.4, 0.5) is 0 Å². The van der Waals surface area contributed by atoms with Gasteiger partial charge in [-0.1, -0.05) is 68.1 Å². The molecule has 35 heavy (non-hydrogen) atoms. The number of piperidine rings is 1. The molecule has 0 amide bonds. The third-order valence-electron chi connectivity index (χ3n) is 6.31. The Hall–Kier alpha value is -2.26. The summed E-state index contributed by atoms with van der Waals surface area (Å²) < 4.78 is 25.8. The van der Waals surface area contributed by atoms with Crippen molar-refractivity contribution in [2.24, 2.45) is 5.92 Å². The van der Waals surface area contributed by atoms with Crippen molar-refractivity contribution in [3.8, 4) is 5.75 Å². The Balaban J connectivity index is 1.31. The summed E-state index contributed by atoms with van der Waals surface area (Å²) in [6, 6.07) is 15.7. The first-order valence-corrected chi connectivity index (χ1v) is 13.7. The lowest BCUT2D eigenvalue weighted by Crippen LogP contribution is -2.40. The second kappa shape index (κ2) is 15.7. The summed E-state index contributed by atoms with van der Waals surface area (Å²) in [5.74, 6) is 0.601. The molecule has 0 spiro atoms. The SMILES string of the molecule is O=C(O)C(Cc1ccc(OCCCCCCC2CCNCC2)cc1)NS(=O)OCc1ccccc1. The van der Waals surface area contributed by atoms with Crippen LogP contribution in [-0.2, 0) is 33.3 Å². The molecule has 2 aromatic carbocycles. The third-order valence-corrected chi connectivity index (χ3v) is 7.12. The normalized spacial score (nSPS) is 16.0. The van der Waals surface area contributed by atoms with Gasteiger partial charge in [-0.2, -0.15) is 4.72 Å². The van der Waals surface area contributed by atoms with Crippen molar-refractivity contribution in [1.29, 1.82) is 0 Å². The van der Waals surface area contributed by atoms with E-state index in [1.54, 1.807) is 0 Å². The van der Waals surface area contributed by atoms with Gasteiger partial charge in [0.05, 0.1) is 13.2 Å². The zero-order valence-corrected chi connectivity index (χ0v) is 21.1. The molecule has 1 saturated heterocycles. The number of nitrogens with one attached hydrogen (secondary N) is 2. The highest BCUT2D eigenvalue weighted by Crippen LogP contribution is 2.20. The Labute approximate surface area is 211 Å². The van der Waals surface area contributed by atoms with Crippen molar-refractivity contribution in [2.75, 3.05) is 19.7 Å². The van der Waals surface area contributed by atoms with E-state index in [-0.39, 0.29) is 13.0 Å². The predicted molar refractivity (Wildman–Crippen MR) is 138 cm³/mol. The number of hydrogen-bond acceptors (Lipinski definition) is 5. The largest absolute Gasteiger partial charge is 0.494 e. The van der Waals surface area contributed by atoms with E-state index in [1.165, 1.54) is 51.6 Å². The van der Waals surface area contributed by atoms with E-state index in [1.807, 2.05) is 54.6 Å². The topological polar surface area (TPSA) is 96.9 Å². The van der Waals surface area contributed by atoms with Gasteiger partial charge >= 0.3 is 5.97 Å². The summed E-state index contributed by atoms with van der Waals surface area (Å²) in [6.45, 7) is 3.17. The van der Waals surface area contributed by atoms with Gasteiger partial charge in [0.15, 0.2) is 0 Å². The van der Waals surface area contributed by atoms with E-state index in [0.717, 1.165) is 29.2 Å². The molecule has 0 saturated carbocycles. The average Bonchev–Trinajstić information content (AvgIpc) is 2.88. The highest BCUT2D eigenvalue weighted by atomic mass is 32.2. The van der Waals surface area contributed by atoms with Gasteiger partial charge in [-0.25, -0.2) is 4.21 Å². The monoisotopic (exact) mass is 502 g/mol. The maximum atomic E-state index is 12.2. The van der Waals surface area contributed by atoms with E-state index in [4.69, 9.17) is 8.92 Å². The van der Waals surface area contributed by atoms with Gasteiger partial charge in [0.1, 0.15) is 11.8 Å². The fourth-order valence-corrected chi connectivity index (χ4v) is 4.96. The number of rotatable bonds is 16. The maximum Gasteiger partial charge on any atom is 0.322 e. The Morgan fingerprint density at radius 2 is 1.71 bits per heavy atom. The Bertz CT molecular complexity index is 888. The molecule has 3 rings (SSSR count). The van der Waals surface area contributed by atoms with E-state index in [2.05, 4.69) is 10.0 Å². The van der Waals surface area contributed by atoms with E-state index in [0.29, 0.717) is 6.61 Å². The molecular formula is C27H38N2O5S. The number of benzene rings is 2. The van der Waals surface area contributed by atoms with Crippen molar-refractivity contribution in [1.82, 2.24) is 10.0 Å². The Morgan fingerprint density at radius 1 is 1.00 bits per heavy atom. The van der Waals surface area contributed by atoms with Crippen LogP contribution < -0.4 is 14.8 Å². The van der Waals surface area contributed by atoms with Crippen LogP contribution in [0.25, 0.3) is 0 Å². The molecule has 1 heterocycles. The summed E-state index contributed by atoms with van der Waals surface area (Å²) in [5.41, 5.74) is 1.68. The van der Waals surface area contributed by atoms with Crippen LogP contribution in [0.5, 0.6) is 5.75 Å². The van der Waals surface area contributed by atoms with Crippen LogP contribution in [-0.4, -0.2) is 41.0 Å². The van der Waals surface area contributed by atoms with Crippen LogP contribution in [0, 0.1) is 5.92 Å². The van der Waals surface area contributed by atoms with Gasteiger partial charge in [0.25, 0.3) is 0 Å². The highest BCUT2D eigenvalue weighted by molar-refractivity contribution is 7.78. The minimum atomic E-state index is -1.92. The fraction of sp³-hybridized carbons (Fsp3) is 0.519. The molecule has 0 aliphatic carbocycles. The standard InChI is InChI=1S/C27H38N2O5S/c30-27(31)26(29-35(32)34-21-24-9-5-3-6-10-24)20-23-11-13-25(14-12-23)33-19-7-2-1-4-8-22-15-17-28-18-16-22/h3,5-6,9-14,22,26,28-29H,1-2,4,7-8,15-21H2,(H,30,31). The molecule has 2 aromatic rings. The molecule has 0 aromatic heterocycles. The Morgan fingerprint density at radius 3 is 2.43 bits per heavy atom. The van der Waals surface area contributed by atoms with Crippen molar-refractivity contribution in [2.45, 2.75) is 64.0 Å². The molecule has 2 atom stereocenters. The molecule has 3 N–H and O–H groups in total. The van der Waals surface area contributed by atoms with Gasteiger partial charge in [-0.05, 0) is 68.0 Å². The number of ether oxygens (including phenoxy) is 1. The fourth-order valence-electron chi connectivity index (χ4n) is 4.23. The van der Waals surface area contributed by atoms with E-state index >= 15 is 0 Å². The average molecular weight is 503 g/mol. The molecule has 0 bridgehead atoms. The zero-order valence-electron chi connectivity index (χ0n) is 20.3. The van der Waals surface area contributed by atoms with E-state index in [9.17, 15) is 14.1 Å². The molecule has 192 valence electrons. The van der Waals surface area contributed by atoms with Crippen molar-refractivity contribution in [3.05, 3.63) is 65.7 Å². The molecule has 1 aliphatic heterocycles. The molecule has 8 heteroatoms. The van der Waals surface area contributed by atoms with Gasteiger partial charge in [0.2, 0.25) is 11.3 Å². The smallest absolute Gasteiger partial charge is 0.322 e. The number of carboxylic acids is 1. The van der Waals surface area contributed by atoms with Crippen LogP contribution in [0.15, 0.2) is 54.6 Å². The van der Waals surface area contributed by atoms with Crippen molar-refractivity contribution >= 4 is 17.2 Å². The van der Waals surface area contributed by atoms with Gasteiger partial charge in [-0.3, -0.25) is 8.98 Å². The number of carboxylic acid groups (broad SMARTS) is 1. The molecule has 7 nitrogen and oxygen atoms in total. The number of aliphatic carboxylic acids is 1. The second-order valence-corrected chi connectivity index (χ2v) is 10.0. The summed E-state index contributed by atoms with van der Waals surface area (Å²) >= 11 is -1.92. The van der Waals surface area contributed by atoms with Crippen molar-refractivity contribution in [3.63, 3.8) is 0 Å². The second-order valence-electron chi connectivity index (χ2n) is 9.08. The quantitative estimate of drug-likeness (QED) is 0.295. The highest BCUT2D eigenvalue weighted by Gasteiger charge is 2.21. The summed E-state index contributed by atoms with van der Waals surface area (Å²) in [7, 11) is 0. The van der Waals surface area contributed by atoms with Crippen LogP contribution in [0.1, 0.15) is 56.1 Å². The molecule has 2 unspecified atom stereocenters. The summed E-state index contributed by atoms with van der Waals surface area (Å²) in [4.78, 5) is 11.6. The first-order valence-electron chi connectivity index (χ1n) is 12.6. The third kappa shape index (κ3) is 10.9. The molecular weight excluding hydrogens is 464 g/mol. The Kier molecular flexibility index (Phi) is 12.2. The number of hydrogen-bond donors (Lipinski definition) is 3. The maximum absolute atomic E-state index is 12.2. The summed E-state index contributed by atoms with van der Waals surface area (Å²) in [6.07, 6.45) is 8.96. The van der Waals surface area contributed by atoms with Crippen molar-refractivity contribution < 1.29 is 23.0 Å². The molecule has 1 aliphatic rings. The molecule has 1 fully saturated rings. The lowest BCUT2D eigenvalue weighted by molar-refractivity contribution is -0.138. The van der Waals surface area contributed by atoms with Gasteiger partial charge < -0.3 is 15.2 Å². The van der Waals surface area contributed by atoms with Crippen LogP contribution in [0.3, 0.4) is 0 Å². The van der Waals surface area contributed by atoms with Crippen LogP contribution in [0.2, 0.25) is 0 Å². The van der Waals surface area contributed by atoms with Gasteiger partial charge in [-0.15, -0.1) is 0 Å². The van der Waals surface area contributed by atoms with E-state index < -0.39 is 23.3 Å². The first kappa shape index (κ1) is 27.3. The first-order chi connectivity index (χ1) is 17.1. The predicted octanol–water partition coefficient (Wildman–Crippen LogP) is 4.40. The van der Waals surface area contributed by atoms with Crippen LogP contribution >= 0.6 is 0 Å². The summed E-state index contributed by atoms with van der Waals surface area (Å²) in [5, 5.41) is 12.9. The molecule has 0 radical (unpaired) electrons.